The van der Waals surface area contributed by atoms with E-state index in [4.69, 9.17) is 5.11 Å². The molecular weight excluding hydrogens is 196 g/mol. The second-order valence-corrected chi connectivity index (χ2v) is 4.40. The molecule has 2 unspecified atom stereocenters. The van der Waals surface area contributed by atoms with Crippen LogP contribution in [0.25, 0.3) is 0 Å². The number of carbonyl (C=O) groups is 2. The first kappa shape index (κ1) is 11.8. The summed E-state index contributed by atoms with van der Waals surface area (Å²) in [6.07, 6.45) is 1.13. The Morgan fingerprint density at radius 2 is 1.87 bits per heavy atom. The fourth-order valence-electron chi connectivity index (χ4n) is 2.09. The van der Waals surface area contributed by atoms with E-state index in [0.29, 0.717) is 11.8 Å². The Hall–Kier alpha value is -1.26. The molecule has 1 aliphatic rings. The lowest BCUT2D eigenvalue weighted by molar-refractivity contribution is -0.135. The van der Waals surface area contributed by atoms with Gasteiger partial charge in [-0.1, -0.05) is 13.8 Å². The topological polar surface area (TPSA) is 69.6 Å². The summed E-state index contributed by atoms with van der Waals surface area (Å²) in [6, 6.07) is -0.268. The van der Waals surface area contributed by atoms with Gasteiger partial charge in [-0.25, -0.2) is 4.79 Å². The van der Waals surface area contributed by atoms with Gasteiger partial charge in [0.1, 0.15) is 6.54 Å². The Balaban J connectivity index is 2.41. The number of amides is 2. The summed E-state index contributed by atoms with van der Waals surface area (Å²) in [4.78, 5) is 23.5. The maximum Gasteiger partial charge on any atom is 0.323 e. The summed E-state index contributed by atoms with van der Waals surface area (Å²) in [5.74, 6) is -0.0323. The Morgan fingerprint density at radius 1 is 1.33 bits per heavy atom. The molecular formula is C10H18N2O3. The van der Waals surface area contributed by atoms with Crippen molar-refractivity contribution >= 4 is 12.0 Å². The van der Waals surface area contributed by atoms with E-state index < -0.39 is 5.97 Å². The van der Waals surface area contributed by atoms with Crippen molar-refractivity contribution in [1.29, 1.82) is 0 Å². The summed E-state index contributed by atoms with van der Waals surface area (Å²) in [5, 5.41) is 10.8. The van der Waals surface area contributed by atoms with E-state index in [1.54, 1.807) is 4.90 Å². The van der Waals surface area contributed by atoms with E-state index >= 15 is 0 Å². The summed E-state index contributed by atoms with van der Waals surface area (Å²) < 4.78 is 0. The lowest BCUT2D eigenvalue weighted by Crippen LogP contribution is -2.48. The predicted molar refractivity (Wildman–Crippen MR) is 55.6 cm³/mol. The highest BCUT2D eigenvalue weighted by atomic mass is 16.4. The predicted octanol–water partition coefficient (Wildman–Crippen LogP) is 0.758. The molecule has 0 saturated carbocycles. The number of likely N-dealkylation sites (tertiary alicyclic amines) is 1. The first-order chi connectivity index (χ1) is 6.99. The number of carbonyl (C=O) groups excluding carboxylic acids is 1. The van der Waals surface area contributed by atoms with Crippen LogP contribution in [-0.4, -0.2) is 41.6 Å². The van der Waals surface area contributed by atoms with Crippen molar-refractivity contribution in [1.82, 2.24) is 10.2 Å². The largest absolute Gasteiger partial charge is 0.480 e. The summed E-state index contributed by atoms with van der Waals surface area (Å²) in [7, 11) is 0. The lowest BCUT2D eigenvalue weighted by Gasteiger charge is -2.34. The summed E-state index contributed by atoms with van der Waals surface area (Å²) in [6.45, 7) is 5.34. The number of aliphatic carboxylic acids is 1. The van der Waals surface area contributed by atoms with Crippen LogP contribution in [0.3, 0.4) is 0 Å². The van der Waals surface area contributed by atoms with E-state index in [9.17, 15) is 9.59 Å². The van der Waals surface area contributed by atoms with Crippen molar-refractivity contribution in [3.05, 3.63) is 0 Å². The lowest BCUT2D eigenvalue weighted by atomic mass is 9.92. The van der Waals surface area contributed by atoms with Crippen LogP contribution in [-0.2, 0) is 4.79 Å². The van der Waals surface area contributed by atoms with Gasteiger partial charge in [0, 0.05) is 13.1 Å². The van der Waals surface area contributed by atoms with Gasteiger partial charge in [-0.2, -0.15) is 0 Å². The number of piperidine rings is 1. The Kier molecular flexibility index (Phi) is 3.94. The smallest absolute Gasteiger partial charge is 0.323 e. The molecule has 15 heavy (non-hydrogen) atoms. The number of carboxylic acid groups (broad SMARTS) is 1. The second kappa shape index (κ2) is 5.00. The molecule has 2 atom stereocenters. The van der Waals surface area contributed by atoms with Gasteiger partial charge in [0.2, 0.25) is 0 Å². The molecule has 2 N–H and O–H groups in total. The Morgan fingerprint density at radius 3 is 2.33 bits per heavy atom. The van der Waals surface area contributed by atoms with Crippen LogP contribution in [0.2, 0.25) is 0 Å². The molecule has 1 aliphatic heterocycles. The van der Waals surface area contributed by atoms with Gasteiger partial charge in [0.25, 0.3) is 0 Å². The van der Waals surface area contributed by atoms with E-state index in [0.717, 1.165) is 19.5 Å². The molecule has 86 valence electrons. The third kappa shape index (κ3) is 3.77. The zero-order chi connectivity index (χ0) is 11.4. The van der Waals surface area contributed by atoms with Crippen molar-refractivity contribution < 1.29 is 14.7 Å². The summed E-state index contributed by atoms with van der Waals surface area (Å²) >= 11 is 0. The minimum Gasteiger partial charge on any atom is -0.480 e. The molecule has 5 nitrogen and oxygen atoms in total. The van der Waals surface area contributed by atoms with E-state index in [1.165, 1.54) is 0 Å². The fraction of sp³-hybridized carbons (Fsp3) is 0.800. The molecule has 1 fully saturated rings. The van der Waals surface area contributed by atoms with Crippen LogP contribution in [0.5, 0.6) is 0 Å². The zero-order valence-corrected chi connectivity index (χ0v) is 9.19. The van der Waals surface area contributed by atoms with E-state index in [-0.39, 0.29) is 12.6 Å². The molecule has 0 radical (unpaired) electrons. The van der Waals surface area contributed by atoms with Crippen molar-refractivity contribution in [2.24, 2.45) is 11.8 Å². The number of hydrogen-bond donors (Lipinski definition) is 2. The van der Waals surface area contributed by atoms with Crippen molar-refractivity contribution in [2.75, 3.05) is 19.6 Å². The van der Waals surface area contributed by atoms with Crippen LogP contribution < -0.4 is 5.32 Å². The van der Waals surface area contributed by atoms with Gasteiger partial charge in [0.15, 0.2) is 0 Å². The molecule has 0 spiro atoms. The molecule has 1 saturated heterocycles. The van der Waals surface area contributed by atoms with E-state index in [2.05, 4.69) is 19.2 Å². The van der Waals surface area contributed by atoms with E-state index in [1.807, 2.05) is 0 Å². The van der Waals surface area contributed by atoms with Crippen LogP contribution in [0.15, 0.2) is 0 Å². The number of urea groups is 1. The molecule has 0 aliphatic carbocycles. The Labute approximate surface area is 89.4 Å². The molecule has 5 heteroatoms. The minimum absolute atomic E-state index is 0.268. The number of nitrogens with zero attached hydrogens (tertiary/aromatic N) is 1. The number of nitrogens with one attached hydrogen (secondary N) is 1. The van der Waals surface area contributed by atoms with Crippen LogP contribution in [0, 0.1) is 11.8 Å². The van der Waals surface area contributed by atoms with Gasteiger partial charge >= 0.3 is 12.0 Å². The number of rotatable bonds is 2. The van der Waals surface area contributed by atoms with Crippen LogP contribution in [0.1, 0.15) is 20.3 Å². The van der Waals surface area contributed by atoms with Gasteiger partial charge in [-0.15, -0.1) is 0 Å². The highest BCUT2D eigenvalue weighted by Gasteiger charge is 2.25. The molecule has 2 amide bonds. The normalized spacial score (nSPS) is 26.1. The SMILES string of the molecule is CC1CC(C)CN(C(=O)NCC(=O)O)C1. The third-order valence-corrected chi connectivity index (χ3v) is 2.55. The maximum atomic E-state index is 11.5. The second-order valence-electron chi connectivity index (χ2n) is 4.40. The average molecular weight is 214 g/mol. The van der Waals surface area contributed by atoms with Gasteiger partial charge in [-0.05, 0) is 18.3 Å². The van der Waals surface area contributed by atoms with Gasteiger partial charge in [-0.3, -0.25) is 4.79 Å². The molecule has 0 aromatic carbocycles. The fourth-order valence-corrected chi connectivity index (χ4v) is 2.09. The van der Waals surface area contributed by atoms with Crippen LogP contribution >= 0.6 is 0 Å². The van der Waals surface area contributed by atoms with Gasteiger partial charge < -0.3 is 15.3 Å². The minimum atomic E-state index is -1.01. The average Bonchev–Trinajstić information content (AvgIpc) is 2.12. The molecule has 0 aromatic rings. The molecule has 1 heterocycles. The highest BCUT2D eigenvalue weighted by Crippen LogP contribution is 2.20. The van der Waals surface area contributed by atoms with Gasteiger partial charge in [0.05, 0.1) is 0 Å². The van der Waals surface area contributed by atoms with Crippen molar-refractivity contribution in [2.45, 2.75) is 20.3 Å². The zero-order valence-electron chi connectivity index (χ0n) is 9.19. The van der Waals surface area contributed by atoms with Crippen LogP contribution in [0.4, 0.5) is 4.79 Å². The quantitative estimate of drug-likeness (QED) is 0.713. The van der Waals surface area contributed by atoms with Crippen molar-refractivity contribution in [3.8, 4) is 0 Å². The maximum absolute atomic E-state index is 11.5. The molecule has 0 aromatic heterocycles. The summed E-state index contributed by atoms with van der Waals surface area (Å²) in [5.41, 5.74) is 0. The molecule has 1 rings (SSSR count). The highest BCUT2D eigenvalue weighted by molar-refractivity contribution is 5.80. The third-order valence-electron chi connectivity index (χ3n) is 2.55. The first-order valence-electron chi connectivity index (χ1n) is 5.23. The molecule has 0 bridgehead atoms. The Bertz CT molecular complexity index is 245. The number of carboxylic acids is 1. The van der Waals surface area contributed by atoms with Crippen molar-refractivity contribution in [3.63, 3.8) is 0 Å². The first-order valence-corrected chi connectivity index (χ1v) is 5.23. The number of hydrogen-bond acceptors (Lipinski definition) is 2. The monoisotopic (exact) mass is 214 g/mol. The standard InChI is InChI=1S/C10H18N2O3/c1-7-3-8(2)6-12(5-7)10(15)11-4-9(13)14/h7-8H,3-6H2,1-2H3,(H,11,15)(H,13,14).